The van der Waals surface area contributed by atoms with Crippen LogP contribution in [0, 0.1) is 18.7 Å². The average Bonchev–Trinajstić information content (AvgIpc) is 2.42. The van der Waals surface area contributed by atoms with Crippen LogP contribution in [0.15, 0.2) is 18.2 Å². The van der Waals surface area contributed by atoms with Gasteiger partial charge in [0, 0.05) is 11.6 Å². The molecule has 1 saturated heterocycles. The average molecular weight is 264 g/mol. The molecule has 0 aliphatic carbocycles. The van der Waals surface area contributed by atoms with Crippen LogP contribution in [0.25, 0.3) is 0 Å². The van der Waals surface area contributed by atoms with Crippen molar-refractivity contribution in [3.05, 3.63) is 35.1 Å². The second-order valence-electron chi connectivity index (χ2n) is 5.33. The zero-order valence-corrected chi connectivity index (χ0v) is 11.5. The fourth-order valence-electron chi connectivity index (χ4n) is 2.50. The fraction of sp³-hybridized carbons (Fsp3) is 0.533. The van der Waals surface area contributed by atoms with Crippen LogP contribution in [-0.4, -0.2) is 25.0 Å². The highest BCUT2D eigenvalue weighted by atomic mass is 19.1. The third-order valence-electron chi connectivity index (χ3n) is 3.82. The Balaban J connectivity index is 1.97. The Hall–Kier alpha value is -1.42. The van der Waals surface area contributed by atoms with Crippen LogP contribution in [0.4, 0.5) is 4.39 Å². The molecule has 0 bridgehead atoms. The van der Waals surface area contributed by atoms with Crippen molar-refractivity contribution < 1.29 is 9.18 Å². The lowest BCUT2D eigenvalue weighted by atomic mass is 9.92. The Morgan fingerprint density at radius 1 is 1.53 bits per heavy atom. The molecule has 1 aliphatic rings. The van der Waals surface area contributed by atoms with Gasteiger partial charge in [0.1, 0.15) is 5.82 Å². The van der Waals surface area contributed by atoms with E-state index in [1.165, 1.54) is 12.1 Å². The second kappa shape index (κ2) is 6.15. The number of hydrogen-bond acceptors (Lipinski definition) is 2. The Kier molecular flexibility index (Phi) is 4.53. The predicted molar refractivity (Wildman–Crippen MR) is 73.7 cm³/mol. The van der Waals surface area contributed by atoms with Crippen molar-refractivity contribution in [1.29, 1.82) is 0 Å². The Bertz CT molecular complexity index is 455. The van der Waals surface area contributed by atoms with Crippen LogP contribution < -0.4 is 10.6 Å². The number of hydrogen-bond donors (Lipinski definition) is 2. The minimum Gasteiger partial charge on any atom is -0.349 e. The van der Waals surface area contributed by atoms with Crippen LogP contribution in [0.3, 0.4) is 0 Å². The molecule has 4 heteroatoms. The molecule has 1 fully saturated rings. The van der Waals surface area contributed by atoms with Gasteiger partial charge in [-0.1, -0.05) is 0 Å². The van der Waals surface area contributed by atoms with Crippen LogP contribution in [0.1, 0.15) is 35.7 Å². The monoisotopic (exact) mass is 264 g/mol. The highest BCUT2D eigenvalue weighted by molar-refractivity contribution is 5.94. The zero-order chi connectivity index (χ0) is 13.8. The van der Waals surface area contributed by atoms with Crippen LogP contribution >= 0.6 is 0 Å². The molecule has 1 aromatic rings. The van der Waals surface area contributed by atoms with Gasteiger partial charge in [0.2, 0.25) is 0 Å². The first-order chi connectivity index (χ1) is 9.08. The summed E-state index contributed by atoms with van der Waals surface area (Å²) in [6, 6.07) is 4.60. The molecule has 3 nitrogen and oxygen atoms in total. The van der Waals surface area contributed by atoms with E-state index in [4.69, 9.17) is 0 Å². The number of piperidine rings is 1. The molecule has 2 atom stereocenters. The molecular formula is C15H21FN2O. The molecule has 104 valence electrons. The van der Waals surface area contributed by atoms with Crippen molar-refractivity contribution in [1.82, 2.24) is 10.6 Å². The smallest absolute Gasteiger partial charge is 0.251 e. The van der Waals surface area contributed by atoms with Gasteiger partial charge < -0.3 is 10.6 Å². The fourth-order valence-corrected chi connectivity index (χ4v) is 2.50. The molecule has 2 rings (SSSR count). The SMILES string of the molecule is Cc1cc(C(=O)NC(C)C2CCCNC2)ccc1F. The normalized spacial score (nSPS) is 20.9. The Morgan fingerprint density at radius 3 is 2.95 bits per heavy atom. The number of nitrogens with one attached hydrogen (secondary N) is 2. The maximum atomic E-state index is 13.2. The first kappa shape index (κ1) is 14.0. The van der Waals surface area contributed by atoms with E-state index in [-0.39, 0.29) is 17.8 Å². The van der Waals surface area contributed by atoms with Crippen LogP contribution in [0.5, 0.6) is 0 Å². The number of amides is 1. The van der Waals surface area contributed by atoms with Crippen molar-refractivity contribution in [2.45, 2.75) is 32.7 Å². The molecule has 0 aromatic heterocycles. The minimum atomic E-state index is -0.277. The highest BCUT2D eigenvalue weighted by Gasteiger charge is 2.21. The quantitative estimate of drug-likeness (QED) is 0.879. The topological polar surface area (TPSA) is 41.1 Å². The van der Waals surface area contributed by atoms with E-state index in [0.29, 0.717) is 17.0 Å². The third kappa shape index (κ3) is 3.53. The molecule has 1 aromatic carbocycles. The molecule has 2 N–H and O–H groups in total. The molecule has 1 amide bonds. The van der Waals surface area contributed by atoms with Gasteiger partial charge in [-0.2, -0.15) is 0 Å². The van der Waals surface area contributed by atoms with Crippen molar-refractivity contribution >= 4 is 5.91 Å². The maximum Gasteiger partial charge on any atom is 0.251 e. The van der Waals surface area contributed by atoms with E-state index < -0.39 is 0 Å². The summed E-state index contributed by atoms with van der Waals surface area (Å²) >= 11 is 0. The lowest BCUT2D eigenvalue weighted by Gasteiger charge is -2.29. The van der Waals surface area contributed by atoms with E-state index in [1.807, 2.05) is 6.92 Å². The highest BCUT2D eigenvalue weighted by Crippen LogP contribution is 2.15. The van der Waals surface area contributed by atoms with Gasteiger partial charge in [0.05, 0.1) is 0 Å². The van der Waals surface area contributed by atoms with Crippen molar-refractivity contribution in [3.8, 4) is 0 Å². The number of carbonyl (C=O) groups is 1. The summed E-state index contributed by atoms with van der Waals surface area (Å²) in [7, 11) is 0. The molecule has 0 spiro atoms. The number of rotatable bonds is 3. The molecule has 0 saturated carbocycles. The van der Waals surface area contributed by atoms with E-state index in [1.54, 1.807) is 13.0 Å². The van der Waals surface area contributed by atoms with Crippen molar-refractivity contribution in [2.75, 3.05) is 13.1 Å². The number of benzene rings is 1. The van der Waals surface area contributed by atoms with Gasteiger partial charge >= 0.3 is 0 Å². The first-order valence-electron chi connectivity index (χ1n) is 6.85. The molecule has 19 heavy (non-hydrogen) atoms. The van der Waals surface area contributed by atoms with Gasteiger partial charge in [-0.3, -0.25) is 4.79 Å². The molecular weight excluding hydrogens is 243 g/mol. The lowest BCUT2D eigenvalue weighted by molar-refractivity contribution is 0.0922. The zero-order valence-electron chi connectivity index (χ0n) is 11.5. The summed E-state index contributed by atoms with van der Waals surface area (Å²) in [6.45, 7) is 5.71. The second-order valence-corrected chi connectivity index (χ2v) is 5.33. The van der Waals surface area contributed by atoms with Crippen molar-refractivity contribution in [3.63, 3.8) is 0 Å². The minimum absolute atomic E-state index is 0.124. The summed E-state index contributed by atoms with van der Waals surface area (Å²) in [6.07, 6.45) is 2.29. The largest absolute Gasteiger partial charge is 0.349 e. The number of carbonyl (C=O) groups excluding carboxylic acids is 1. The Morgan fingerprint density at radius 2 is 2.32 bits per heavy atom. The van der Waals surface area contributed by atoms with Crippen LogP contribution in [-0.2, 0) is 0 Å². The molecule has 0 radical (unpaired) electrons. The summed E-state index contributed by atoms with van der Waals surface area (Å²) in [5.41, 5.74) is 1.02. The number of halogens is 1. The summed E-state index contributed by atoms with van der Waals surface area (Å²) in [5, 5.41) is 6.36. The van der Waals surface area contributed by atoms with E-state index >= 15 is 0 Å². The van der Waals surface area contributed by atoms with Gasteiger partial charge in [0.25, 0.3) is 5.91 Å². The van der Waals surface area contributed by atoms with Gasteiger partial charge in [0.15, 0.2) is 0 Å². The van der Waals surface area contributed by atoms with Crippen LogP contribution in [0.2, 0.25) is 0 Å². The van der Waals surface area contributed by atoms with Crippen molar-refractivity contribution in [2.24, 2.45) is 5.92 Å². The summed E-state index contributed by atoms with van der Waals surface area (Å²) in [5.74, 6) is 0.0708. The summed E-state index contributed by atoms with van der Waals surface area (Å²) < 4.78 is 13.2. The van der Waals surface area contributed by atoms with Gasteiger partial charge in [-0.25, -0.2) is 4.39 Å². The lowest BCUT2D eigenvalue weighted by Crippen LogP contribution is -2.44. The van der Waals surface area contributed by atoms with E-state index in [0.717, 1.165) is 25.9 Å². The summed E-state index contributed by atoms with van der Waals surface area (Å²) in [4.78, 5) is 12.1. The number of aryl methyl sites for hydroxylation is 1. The first-order valence-corrected chi connectivity index (χ1v) is 6.85. The predicted octanol–water partition coefficient (Wildman–Crippen LogP) is 2.25. The maximum absolute atomic E-state index is 13.2. The van der Waals surface area contributed by atoms with E-state index in [2.05, 4.69) is 10.6 Å². The Labute approximate surface area is 113 Å². The molecule has 1 aliphatic heterocycles. The van der Waals surface area contributed by atoms with E-state index in [9.17, 15) is 9.18 Å². The molecule has 1 heterocycles. The molecule has 2 unspecified atom stereocenters. The van der Waals surface area contributed by atoms with Gasteiger partial charge in [-0.15, -0.1) is 0 Å². The van der Waals surface area contributed by atoms with Gasteiger partial charge in [-0.05, 0) is 69.5 Å². The standard InChI is InChI=1S/C15H21FN2O/c1-10-8-12(5-6-14(10)16)15(19)18-11(2)13-4-3-7-17-9-13/h5-6,8,11,13,17H,3-4,7,9H2,1-2H3,(H,18,19). The third-order valence-corrected chi connectivity index (χ3v) is 3.82.